The molecule has 0 unspecified atom stereocenters. The van der Waals surface area contributed by atoms with Gasteiger partial charge < -0.3 is 5.32 Å². The van der Waals surface area contributed by atoms with Gasteiger partial charge in [0.15, 0.2) is 4.90 Å². The average molecular weight is 379 g/mol. The number of nitro groups is 1. The van der Waals surface area contributed by atoms with Crippen molar-refractivity contribution in [1.82, 2.24) is 10.0 Å². The van der Waals surface area contributed by atoms with Gasteiger partial charge in [-0.05, 0) is 36.7 Å². The number of rotatable bonds is 5. The van der Waals surface area contributed by atoms with Gasteiger partial charge >= 0.3 is 0 Å². The van der Waals surface area contributed by atoms with Gasteiger partial charge in [-0.15, -0.1) is 0 Å². The summed E-state index contributed by atoms with van der Waals surface area (Å²) in [5, 5.41) is 14.2. The fourth-order valence-corrected chi connectivity index (χ4v) is 4.67. The Morgan fingerprint density at radius 3 is 2.69 bits per heavy atom. The van der Waals surface area contributed by atoms with Crippen LogP contribution in [0.15, 0.2) is 53.4 Å². The number of hydrogen-bond acceptors (Lipinski definition) is 5. The van der Waals surface area contributed by atoms with Crippen LogP contribution in [-0.2, 0) is 10.0 Å². The van der Waals surface area contributed by atoms with Crippen LogP contribution in [0.25, 0.3) is 0 Å². The Labute approximate surface area is 150 Å². The summed E-state index contributed by atoms with van der Waals surface area (Å²) >= 11 is 0. The molecule has 0 amide bonds. The number of sulfonamides is 1. The normalized spacial score (nSPS) is 20.7. The van der Waals surface area contributed by atoms with E-state index in [0.29, 0.717) is 25.1 Å². The van der Waals surface area contributed by atoms with E-state index in [4.69, 9.17) is 0 Å². The van der Waals surface area contributed by atoms with E-state index in [1.165, 1.54) is 30.3 Å². The van der Waals surface area contributed by atoms with Crippen LogP contribution in [0, 0.1) is 15.9 Å². The predicted molar refractivity (Wildman–Crippen MR) is 93.8 cm³/mol. The molecule has 0 aromatic heterocycles. The Balaban J connectivity index is 1.91. The quantitative estimate of drug-likeness (QED) is 0.612. The highest BCUT2D eigenvalue weighted by Crippen LogP contribution is 2.29. The van der Waals surface area contributed by atoms with Crippen molar-refractivity contribution in [3.8, 4) is 0 Å². The van der Waals surface area contributed by atoms with E-state index in [1.54, 1.807) is 12.1 Å². The Kier molecular flexibility index (Phi) is 5.30. The number of nitrogens with zero attached hydrogens (tertiary/aromatic N) is 1. The molecule has 1 aliphatic heterocycles. The van der Waals surface area contributed by atoms with Gasteiger partial charge in [0.05, 0.1) is 4.92 Å². The number of hydrogen-bond donors (Lipinski definition) is 2. The smallest absolute Gasteiger partial charge is 0.289 e. The molecule has 0 aliphatic carbocycles. The molecule has 0 spiro atoms. The largest absolute Gasteiger partial charge is 0.315 e. The minimum atomic E-state index is -4.11. The SMILES string of the molecule is O=[N+]([O-])c1ccccc1S(=O)(=O)N[C@@H]1CNCC[C@@H]1c1cccc(F)c1. The topological polar surface area (TPSA) is 101 Å². The molecular weight excluding hydrogens is 361 g/mol. The summed E-state index contributed by atoms with van der Waals surface area (Å²) in [6, 6.07) is 10.7. The van der Waals surface area contributed by atoms with Gasteiger partial charge in [-0.3, -0.25) is 10.1 Å². The first-order chi connectivity index (χ1) is 12.4. The number of para-hydroxylation sites is 1. The number of nitrogens with one attached hydrogen (secondary N) is 2. The molecule has 0 saturated carbocycles. The van der Waals surface area contributed by atoms with E-state index in [9.17, 15) is 22.9 Å². The molecule has 1 fully saturated rings. The Hall–Kier alpha value is -2.36. The third-order valence-electron chi connectivity index (χ3n) is 4.42. The lowest BCUT2D eigenvalue weighted by Gasteiger charge is -2.33. The maximum atomic E-state index is 13.6. The summed E-state index contributed by atoms with van der Waals surface area (Å²) in [5.41, 5.74) is 0.216. The van der Waals surface area contributed by atoms with Crippen LogP contribution < -0.4 is 10.0 Å². The lowest BCUT2D eigenvalue weighted by molar-refractivity contribution is -0.387. The molecule has 0 bridgehead atoms. The molecule has 3 rings (SSSR count). The van der Waals surface area contributed by atoms with Crippen LogP contribution in [0.5, 0.6) is 0 Å². The molecule has 1 aliphatic rings. The number of halogens is 1. The monoisotopic (exact) mass is 379 g/mol. The van der Waals surface area contributed by atoms with Gasteiger partial charge in [0.1, 0.15) is 5.82 Å². The van der Waals surface area contributed by atoms with Crippen molar-refractivity contribution in [2.24, 2.45) is 0 Å². The van der Waals surface area contributed by atoms with E-state index in [0.717, 1.165) is 6.07 Å². The number of piperidine rings is 1. The molecule has 2 atom stereocenters. The van der Waals surface area contributed by atoms with E-state index < -0.39 is 26.7 Å². The van der Waals surface area contributed by atoms with Gasteiger partial charge in [-0.25, -0.2) is 17.5 Å². The maximum absolute atomic E-state index is 13.6. The van der Waals surface area contributed by atoms with Crippen LogP contribution in [0.4, 0.5) is 10.1 Å². The summed E-state index contributed by atoms with van der Waals surface area (Å²) in [6.07, 6.45) is 0.619. The van der Waals surface area contributed by atoms with Crippen LogP contribution >= 0.6 is 0 Å². The van der Waals surface area contributed by atoms with Crippen molar-refractivity contribution >= 4 is 15.7 Å². The Bertz CT molecular complexity index is 920. The third kappa shape index (κ3) is 3.90. The molecule has 1 saturated heterocycles. The minimum absolute atomic E-state index is 0.232. The van der Waals surface area contributed by atoms with Crippen molar-refractivity contribution in [3.05, 3.63) is 70.0 Å². The minimum Gasteiger partial charge on any atom is -0.315 e. The maximum Gasteiger partial charge on any atom is 0.289 e. The lowest BCUT2D eigenvalue weighted by Crippen LogP contribution is -2.50. The fraction of sp³-hybridized carbons (Fsp3) is 0.294. The zero-order chi connectivity index (χ0) is 18.7. The van der Waals surface area contributed by atoms with Crippen molar-refractivity contribution in [3.63, 3.8) is 0 Å². The van der Waals surface area contributed by atoms with Crippen molar-refractivity contribution in [1.29, 1.82) is 0 Å². The summed E-state index contributed by atoms with van der Waals surface area (Å²) in [6.45, 7) is 1.02. The van der Waals surface area contributed by atoms with E-state index >= 15 is 0 Å². The first-order valence-corrected chi connectivity index (χ1v) is 9.59. The highest BCUT2D eigenvalue weighted by Gasteiger charge is 2.33. The van der Waals surface area contributed by atoms with E-state index in [2.05, 4.69) is 10.0 Å². The van der Waals surface area contributed by atoms with Gasteiger partial charge in [0.2, 0.25) is 10.0 Å². The second-order valence-electron chi connectivity index (χ2n) is 6.11. The van der Waals surface area contributed by atoms with Gasteiger partial charge in [0, 0.05) is 24.6 Å². The average Bonchev–Trinajstić information content (AvgIpc) is 2.62. The summed E-state index contributed by atoms with van der Waals surface area (Å²) < 4.78 is 41.6. The molecule has 1 heterocycles. The van der Waals surface area contributed by atoms with E-state index in [1.807, 2.05) is 0 Å². The van der Waals surface area contributed by atoms with Gasteiger partial charge in [-0.1, -0.05) is 24.3 Å². The Morgan fingerprint density at radius 1 is 1.19 bits per heavy atom. The highest BCUT2D eigenvalue weighted by molar-refractivity contribution is 7.89. The second kappa shape index (κ2) is 7.48. The van der Waals surface area contributed by atoms with Gasteiger partial charge in [-0.2, -0.15) is 0 Å². The van der Waals surface area contributed by atoms with Crippen molar-refractivity contribution in [2.75, 3.05) is 13.1 Å². The Morgan fingerprint density at radius 2 is 1.96 bits per heavy atom. The van der Waals surface area contributed by atoms with Gasteiger partial charge in [0.25, 0.3) is 5.69 Å². The summed E-state index contributed by atoms with van der Waals surface area (Å²) in [7, 11) is -4.11. The summed E-state index contributed by atoms with van der Waals surface area (Å²) in [5.74, 6) is -0.620. The lowest BCUT2D eigenvalue weighted by atomic mass is 9.86. The molecule has 9 heteroatoms. The number of benzene rings is 2. The van der Waals surface area contributed by atoms with E-state index in [-0.39, 0.29) is 16.6 Å². The van der Waals surface area contributed by atoms with Crippen molar-refractivity contribution in [2.45, 2.75) is 23.3 Å². The highest BCUT2D eigenvalue weighted by atomic mass is 32.2. The standard InChI is InChI=1S/C17H18FN3O4S/c18-13-5-3-4-12(10-13)14-8-9-19-11-15(14)20-26(24,25)17-7-2-1-6-16(17)21(22)23/h1-7,10,14-15,19-20H,8-9,11H2/t14-,15-/m1/s1. The van der Waals surface area contributed by atoms with Crippen LogP contribution in [0.3, 0.4) is 0 Å². The predicted octanol–water partition coefficient (Wildman–Crippen LogP) is 2.16. The third-order valence-corrected chi connectivity index (χ3v) is 5.95. The molecule has 2 aromatic rings. The fourth-order valence-electron chi connectivity index (χ4n) is 3.22. The first-order valence-electron chi connectivity index (χ1n) is 8.10. The molecule has 7 nitrogen and oxygen atoms in total. The van der Waals surface area contributed by atoms with Crippen LogP contribution in [0.2, 0.25) is 0 Å². The van der Waals surface area contributed by atoms with Crippen LogP contribution in [-0.4, -0.2) is 32.5 Å². The second-order valence-corrected chi connectivity index (χ2v) is 7.79. The molecular formula is C17H18FN3O4S. The van der Waals surface area contributed by atoms with Crippen molar-refractivity contribution < 1.29 is 17.7 Å². The summed E-state index contributed by atoms with van der Waals surface area (Å²) in [4.78, 5) is 10.0. The molecule has 138 valence electrons. The molecule has 0 radical (unpaired) electrons. The zero-order valence-corrected chi connectivity index (χ0v) is 14.6. The zero-order valence-electron chi connectivity index (χ0n) is 13.8. The van der Waals surface area contributed by atoms with Crippen LogP contribution in [0.1, 0.15) is 17.9 Å². The molecule has 2 N–H and O–H groups in total. The number of nitro benzene ring substituents is 1. The first kappa shape index (κ1) is 18.4. The molecule has 26 heavy (non-hydrogen) atoms. The molecule has 2 aromatic carbocycles.